The minimum absolute atomic E-state index is 0.0730. The third kappa shape index (κ3) is 1.63. The molecule has 0 spiro atoms. The number of aromatic nitrogens is 2. The molecule has 2 rings (SSSR count). The predicted molar refractivity (Wildman–Crippen MR) is 61.4 cm³/mol. The summed E-state index contributed by atoms with van der Waals surface area (Å²) < 4.78 is 1.46. The Labute approximate surface area is 92.3 Å². The molecule has 2 aromatic rings. The van der Waals surface area contributed by atoms with Gasteiger partial charge in [0, 0.05) is 6.54 Å². The van der Waals surface area contributed by atoms with E-state index in [0.29, 0.717) is 17.4 Å². The van der Waals surface area contributed by atoms with Gasteiger partial charge in [0.2, 0.25) is 5.28 Å². The first kappa shape index (κ1) is 10.2. The summed E-state index contributed by atoms with van der Waals surface area (Å²) in [6.45, 7) is 4.36. The van der Waals surface area contributed by atoms with Gasteiger partial charge >= 0.3 is 0 Å². The fourth-order valence-corrected chi connectivity index (χ4v) is 1.87. The van der Waals surface area contributed by atoms with Crippen molar-refractivity contribution in [2.75, 3.05) is 0 Å². The second-order valence-electron chi connectivity index (χ2n) is 3.45. The second kappa shape index (κ2) is 3.66. The van der Waals surface area contributed by atoms with Crippen LogP contribution >= 0.6 is 11.6 Å². The van der Waals surface area contributed by atoms with E-state index in [-0.39, 0.29) is 10.8 Å². The maximum atomic E-state index is 12.0. The summed E-state index contributed by atoms with van der Waals surface area (Å²) in [7, 11) is 0. The van der Waals surface area contributed by atoms with Crippen LogP contribution in [0.4, 0.5) is 0 Å². The largest absolute Gasteiger partial charge is 0.283 e. The Bertz CT molecular complexity index is 575. The summed E-state index contributed by atoms with van der Waals surface area (Å²) >= 11 is 5.90. The molecule has 1 heterocycles. The van der Waals surface area contributed by atoms with Gasteiger partial charge in [0.25, 0.3) is 5.56 Å². The predicted octanol–water partition coefficient (Wildman–Crippen LogP) is 2.38. The molecule has 0 amide bonds. The van der Waals surface area contributed by atoms with Gasteiger partial charge in [-0.1, -0.05) is 11.6 Å². The van der Waals surface area contributed by atoms with Crippen molar-refractivity contribution in [1.82, 2.24) is 9.55 Å². The monoisotopic (exact) mass is 222 g/mol. The first-order valence-corrected chi connectivity index (χ1v) is 5.18. The molecule has 0 aliphatic carbocycles. The minimum Gasteiger partial charge on any atom is -0.283 e. The van der Waals surface area contributed by atoms with E-state index in [4.69, 9.17) is 11.6 Å². The van der Waals surface area contributed by atoms with E-state index in [0.717, 1.165) is 5.56 Å². The number of aryl methyl sites for hydroxylation is 1. The number of rotatable bonds is 1. The third-order valence-corrected chi connectivity index (χ3v) is 2.67. The fraction of sp³-hybridized carbons (Fsp3) is 0.273. The van der Waals surface area contributed by atoms with E-state index in [9.17, 15) is 4.79 Å². The van der Waals surface area contributed by atoms with Gasteiger partial charge in [-0.3, -0.25) is 9.36 Å². The Kier molecular flexibility index (Phi) is 2.49. The maximum absolute atomic E-state index is 12.0. The van der Waals surface area contributed by atoms with Crippen LogP contribution in [-0.4, -0.2) is 9.55 Å². The highest BCUT2D eigenvalue weighted by molar-refractivity contribution is 6.28. The molecule has 4 heteroatoms. The van der Waals surface area contributed by atoms with Crippen LogP contribution in [0, 0.1) is 6.92 Å². The first-order valence-electron chi connectivity index (χ1n) is 4.80. The highest BCUT2D eigenvalue weighted by Gasteiger charge is 2.07. The lowest BCUT2D eigenvalue weighted by atomic mass is 10.2. The molecule has 0 radical (unpaired) electrons. The molecule has 0 N–H and O–H groups in total. The lowest BCUT2D eigenvalue weighted by Gasteiger charge is -2.06. The van der Waals surface area contributed by atoms with E-state index in [1.54, 1.807) is 0 Å². The van der Waals surface area contributed by atoms with Gasteiger partial charge in [-0.2, -0.15) is 0 Å². The van der Waals surface area contributed by atoms with E-state index in [1.807, 2.05) is 32.0 Å². The van der Waals surface area contributed by atoms with Crippen LogP contribution in [0.25, 0.3) is 10.9 Å². The molecule has 0 atom stereocenters. The highest BCUT2D eigenvalue weighted by Crippen LogP contribution is 2.13. The van der Waals surface area contributed by atoms with Crippen LogP contribution in [0.5, 0.6) is 0 Å². The van der Waals surface area contributed by atoms with Crippen molar-refractivity contribution in [2.24, 2.45) is 0 Å². The van der Waals surface area contributed by atoms with Gasteiger partial charge in [-0.05, 0) is 37.6 Å². The molecule has 0 bridgehead atoms. The number of hydrogen-bond acceptors (Lipinski definition) is 2. The lowest BCUT2D eigenvalue weighted by Crippen LogP contribution is -2.21. The van der Waals surface area contributed by atoms with Gasteiger partial charge in [-0.25, -0.2) is 4.98 Å². The molecule has 0 unspecified atom stereocenters. The normalized spacial score (nSPS) is 10.9. The van der Waals surface area contributed by atoms with E-state index >= 15 is 0 Å². The fourth-order valence-electron chi connectivity index (χ4n) is 1.58. The molecule has 0 saturated carbocycles. The Morgan fingerprint density at radius 2 is 2.20 bits per heavy atom. The zero-order chi connectivity index (χ0) is 11.0. The highest BCUT2D eigenvalue weighted by atomic mass is 35.5. The number of fused-ring (bicyclic) bond motifs is 1. The van der Waals surface area contributed by atoms with Crippen molar-refractivity contribution in [3.05, 3.63) is 39.4 Å². The van der Waals surface area contributed by atoms with Crippen LogP contribution in [0.15, 0.2) is 23.0 Å². The van der Waals surface area contributed by atoms with Crippen LogP contribution < -0.4 is 5.56 Å². The van der Waals surface area contributed by atoms with Gasteiger partial charge < -0.3 is 0 Å². The van der Waals surface area contributed by atoms with Crippen LogP contribution in [0.3, 0.4) is 0 Å². The molecular formula is C11H11ClN2O. The summed E-state index contributed by atoms with van der Waals surface area (Å²) in [5.74, 6) is 0. The Morgan fingerprint density at radius 1 is 1.47 bits per heavy atom. The molecule has 1 aromatic heterocycles. The first-order chi connectivity index (χ1) is 7.13. The second-order valence-corrected chi connectivity index (χ2v) is 3.79. The molecule has 0 fully saturated rings. The van der Waals surface area contributed by atoms with Gasteiger partial charge in [0.15, 0.2) is 0 Å². The standard InChI is InChI=1S/C11H11ClN2O/c1-3-14-10(15)8-6-7(2)4-5-9(8)13-11(14)12/h4-6H,3H2,1-2H3. The van der Waals surface area contributed by atoms with Crippen molar-refractivity contribution in [3.8, 4) is 0 Å². The zero-order valence-corrected chi connectivity index (χ0v) is 9.38. The average molecular weight is 223 g/mol. The number of benzene rings is 1. The van der Waals surface area contributed by atoms with Crippen LogP contribution in [-0.2, 0) is 6.54 Å². The molecule has 1 aromatic carbocycles. The van der Waals surface area contributed by atoms with E-state index < -0.39 is 0 Å². The van der Waals surface area contributed by atoms with Crippen molar-refractivity contribution >= 4 is 22.5 Å². The van der Waals surface area contributed by atoms with E-state index in [2.05, 4.69) is 4.98 Å². The Morgan fingerprint density at radius 3 is 2.87 bits per heavy atom. The molecule has 0 saturated heterocycles. The average Bonchev–Trinajstić information content (AvgIpc) is 2.20. The van der Waals surface area contributed by atoms with Gasteiger partial charge in [0.1, 0.15) is 0 Å². The molecule has 0 aliphatic rings. The molecule has 3 nitrogen and oxygen atoms in total. The summed E-state index contributed by atoms with van der Waals surface area (Å²) in [5, 5.41) is 0.875. The maximum Gasteiger partial charge on any atom is 0.262 e. The molecule has 15 heavy (non-hydrogen) atoms. The van der Waals surface area contributed by atoms with Crippen molar-refractivity contribution in [1.29, 1.82) is 0 Å². The van der Waals surface area contributed by atoms with Crippen molar-refractivity contribution in [2.45, 2.75) is 20.4 Å². The van der Waals surface area contributed by atoms with Crippen molar-refractivity contribution < 1.29 is 0 Å². The summed E-state index contributed by atoms with van der Waals surface area (Å²) in [6.07, 6.45) is 0. The molecule has 0 aliphatic heterocycles. The number of hydrogen-bond donors (Lipinski definition) is 0. The molecular weight excluding hydrogens is 212 g/mol. The van der Waals surface area contributed by atoms with Gasteiger partial charge in [-0.15, -0.1) is 0 Å². The zero-order valence-electron chi connectivity index (χ0n) is 8.62. The summed E-state index contributed by atoms with van der Waals surface area (Å²) in [5.41, 5.74) is 1.63. The van der Waals surface area contributed by atoms with Crippen LogP contribution in [0.1, 0.15) is 12.5 Å². The van der Waals surface area contributed by atoms with E-state index in [1.165, 1.54) is 4.57 Å². The topological polar surface area (TPSA) is 34.9 Å². The quantitative estimate of drug-likeness (QED) is 0.695. The van der Waals surface area contributed by atoms with Crippen LogP contribution in [0.2, 0.25) is 5.28 Å². The minimum atomic E-state index is -0.0730. The third-order valence-electron chi connectivity index (χ3n) is 2.38. The number of halogens is 1. The Hall–Kier alpha value is -1.35. The smallest absolute Gasteiger partial charge is 0.262 e. The summed E-state index contributed by atoms with van der Waals surface area (Å²) in [4.78, 5) is 16.1. The molecule has 78 valence electrons. The Balaban J connectivity index is 2.92. The van der Waals surface area contributed by atoms with Gasteiger partial charge in [0.05, 0.1) is 10.9 Å². The summed E-state index contributed by atoms with van der Waals surface area (Å²) in [6, 6.07) is 5.58. The SMILES string of the molecule is CCn1c(Cl)nc2ccc(C)cc2c1=O. The van der Waals surface area contributed by atoms with Crippen molar-refractivity contribution in [3.63, 3.8) is 0 Å². The lowest BCUT2D eigenvalue weighted by molar-refractivity contribution is 0.719. The number of nitrogens with zero attached hydrogens (tertiary/aromatic N) is 2.